The highest BCUT2D eigenvalue weighted by molar-refractivity contribution is 5.92. The van der Waals surface area contributed by atoms with Crippen molar-refractivity contribution < 1.29 is 14.6 Å². The average Bonchev–Trinajstić information content (AvgIpc) is 2.79. The van der Waals surface area contributed by atoms with Crippen molar-refractivity contribution in [3.63, 3.8) is 0 Å². The minimum Gasteiger partial charge on any atom is -0.497 e. The molecule has 0 aromatic heterocycles. The van der Waals surface area contributed by atoms with Crippen LogP contribution < -0.4 is 19.4 Å². The zero-order valence-electron chi connectivity index (χ0n) is 20.5. The lowest BCUT2D eigenvalue weighted by atomic mass is 9.80. The third-order valence-corrected chi connectivity index (χ3v) is 5.86. The maximum Gasteiger partial charge on any atom is 0.336 e. The lowest BCUT2D eigenvalue weighted by Gasteiger charge is -2.30. The lowest BCUT2D eigenvalue weighted by Crippen LogP contribution is -2.21. The number of benzene rings is 3. The van der Waals surface area contributed by atoms with Gasteiger partial charge in [-0.3, -0.25) is 0 Å². The molecule has 0 fully saturated rings. The first-order chi connectivity index (χ1) is 15.6. The number of anilines is 3. The molecular formula is C27H33N3O3. The van der Waals surface area contributed by atoms with E-state index in [1.54, 1.807) is 19.2 Å². The number of methoxy groups -OCH3 is 1. The maximum atomic E-state index is 12.4. The Morgan fingerprint density at radius 3 is 1.97 bits per heavy atom. The van der Waals surface area contributed by atoms with Crippen molar-refractivity contribution in [1.29, 1.82) is 0 Å². The van der Waals surface area contributed by atoms with Crippen LogP contribution >= 0.6 is 0 Å². The van der Waals surface area contributed by atoms with Crippen LogP contribution in [0.25, 0.3) is 0 Å². The summed E-state index contributed by atoms with van der Waals surface area (Å²) in [5.74, 6) is -0.481. The van der Waals surface area contributed by atoms with Gasteiger partial charge in [0, 0.05) is 70.8 Å². The molecular weight excluding hydrogens is 414 g/mol. The fourth-order valence-corrected chi connectivity index (χ4v) is 4.17. The Hall–Kier alpha value is -3.67. The zero-order chi connectivity index (χ0) is 24.3. The quantitative estimate of drug-likeness (QED) is 0.502. The van der Waals surface area contributed by atoms with Gasteiger partial charge in [0.05, 0.1) is 12.7 Å². The van der Waals surface area contributed by atoms with Crippen LogP contribution in [0.2, 0.25) is 0 Å². The molecule has 174 valence electrons. The molecule has 3 rings (SSSR count). The number of ether oxygens (including phenoxy) is 1. The summed E-state index contributed by atoms with van der Waals surface area (Å²) < 4.78 is 5.37. The molecule has 0 bridgehead atoms. The minimum atomic E-state index is -0.941. The topological polar surface area (TPSA) is 56.3 Å². The van der Waals surface area contributed by atoms with E-state index in [9.17, 15) is 9.90 Å². The van der Waals surface area contributed by atoms with Gasteiger partial charge in [-0.15, -0.1) is 0 Å². The van der Waals surface area contributed by atoms with Gasteiger partial charge >= 0.3 is 5.97 Å². The summed E-state index contributed by atoms with van der Waals surface area (Å²) in [6.45, 7) is 0. The molecule has 3 aromatic carbocycles. The van der Waals surface area contributed by atoms with E-state index in [-0.39, 0.29) is 5.92 Å². The first-order valence-corrected chi connectivity index (χ1v) is 10.8. The van der Waals surface area contributed by atoms with Gasteiger partial charge in [0.25, 0.3) is 0 Å². The van der Waals surface area contributed by atoms with Crippen molar-refractivity contribution in [1.82, 2.24) is 0 Å². The second-order valence-electron chi connectivity index (χ2n) is 8.68. The van der Waals surface area contributed by atoms with Crippen LogP contribution in [0, 0.1) is 0 Å². The van der Waals surface area contributed by atoms with Crippen molar-refractivity contribution in [2.45, 2.75) is 5.92 Å². The van der Waals surface area contributed by atoms with Crippen LogP contribution in [0.1, 0.15) is 33.0 Å². The van der Waals surface area contributed by atoms with Gasteiger partial charge < -0.3 is 24.5 Å². The molecule has 0 amide bonds. The van der Waals surface area contributed by atoms with Crippen LogP contribution in [0.15, 0.2) is 60.7 Å². The molecule has 1 unspecified atom stereocenters. The summed E-state index contributed by atoms with van der Waals surface area (Å²) in [5, 5.41) is 10.1. The van der Waals surface area contributed by atoms with E-state index in [0.717, 1.165) is 39.5 Å². The number of carbonyl (C=O) groups is 1. The van der Waals surface area contributed by atoms with Gasteiger partial charge in [-0.05, 0) is 47.5 Å². The van der Waals surface area contributed by atoms with Gasteiger partial charge in [0.15, 0.2) is 0 Å². The Balaban J connectivity index is 2.41. The minimum absolute atomic E-state index is 0.295. The maximum absolute atomic E-state index is 12.4. The monoisotopic (exact) mass is 447 g/mol. The number of aromatic carboxylic acids is 1. The van der Waals surface area contributed by atoms with Crippen LogP contribution in [-0.2, 0) is 0 Å². The van der Waals surface area contributed by atoms with Gasteiger partial charge in [0.2, 0.25) is 0 Å². The van der Waals surface area contributed by atoms with E-state index in [0.29, 0.717) is 5.56 Å². The molecule has 0 aliphatic heterocycles. The molecule has 3 aromatic rings. The fourth-order valence-electron chi connectivity index (χ4n) is 4.17. The van der Waals surface area contributed by atoms with Crippen molar-refractivity contribution in [3.05, 3.63) is 82.9 Å². The van der Waals surface area contributed by atoms with E-state index in [1.807, 2.05) is 77.5 Å². The first kappa shape index (κ1) is 24.0. The van der Waals surface area contributed by atoms with Gasteiger partial charge in [0.1, 0.15) is 5.75 Å². The molecule has 0 spiro atoms. The van der Waals surface area contributed by atoms with E-state index < -0.39 is 5.97 Å². The molecule has 6 nitrogen and oxygen atoms in total. The summed E-state index contributed by atoms with van der Waals surface area (Å²) >= 11 is 0. The highest BCUT2D eigenvalue weighted by atomic mass is 16.5. The van der Waals surface area contributed by atoms with Gasteiger partial charge in [-0.25, -0.2) is 4.79 Å². The molecule has 0 saturated heterocycles. The predicted octanol–water partition coefficient (Wildman–Crippen LogP) is 4.77. The number of carboxylic acids is 1. The number of carboxylic acid groups (broad SMARTS) is 1. The largest absolute Gasteiger partial charge is 0.497 e. The van der Waals surface area contributed by atoms with Crippen LogP contribution in [0.5, 0.6) is 5.75 Å². The summed E-state index contributed by atoms with van der Waals surface area (Å²) in [6.07, 6.45) is 0. The third-order valence-electron chi connectivity index (χ3n) is 5.86. The summed E-state index contributed by atoms with van der Waals surface area (Å²) in [7, 11) is 13.6. The van der Waals surface area contributed by atoms with Crippen LogP contribution in [0.4, 0.5) is 17.1 Å². The van der Waals surface area contributed by atoms with E-state index >= 15 is 0 Å². The lowest BCUT2D eigenvalue weighted by molar-refractivity contribution is 0.0695. The molecule has 1 N–H and O–H groups in total. The highest BCUT2D eigenvalue weighted by Crippen LogP contribution is 2.43. The Morgan fingerprint density at radius 1 is 0.818 bits per heavy atom. The molecule has 0 radical (unpaired) electrons. The zero-order valence-corrected chi connectivity index (χ0v) is 20.5. The summed E-state index contributed by atoms with van der Waals surface area (Å²) in [4.78, 5) is 18.5. The van der Waals surface area contributed by atoms with E-state index in [1.165, 1.54) is 0 Å². The number of rotatable bonds is 8. The number of hydrogen-bond donors (Lipinski definition) is 1. The Labute approximate surface area is 196 Å². The highest BCUT2D eigenvalue weighted by Gasteiger charge is 2.29. The standard InChI is InChI=1S/C27H33N3O3/c1-28(2)19-13-16-21(24(17-19)30(5)6)25(18-11-14-20(33-7)15-12-18)26-22(27(31)32)9-8-10-23(26)29(3)4/h8-17,25H,1-7H3,(H,31,32). The number of nitrogens with zero attached hydrogens (tertiary/aromatic N) is 3. The fraction of sp³-hybridized carbons (Fsp3) is 0.296. The van der Waals surface area contributed by atoms with Crippen LogP contribution in [0.3, 0.4) is 0 Å². The second-order valence-corrected chi connectivity index (χ2v) is 8.68. The van der Waals surface area contributed by atoms with Gasteiger partial charge in [-0.1, -0.05) is 24.3 Å². The molecule has 0 aliphatic carbocycles. The van der Waals surface area contributed by atoms with Crippen molar-refractivity contribution in [2.24, 2.45) is 0 Å². The van der Waals surface area contributed by atoms with Crippen molar-refractivity contribution >= 4 is 23.0 Å². The van der Waals surface area contributed by atoms with Crippen LogP contribution in [-0.4, -0.2) is 60.5 Å². The Morgan fingerprint density at radius 2 is 1.45 bits per heavy atom. The Kier molecular flexibility index (Phi) is 7.16. The van der Waals surface area contributed by atoms with Crippen molar-refractivity contribution in [3.8, 4) is 5.75 Å². The second kappa shape index (κ2) is 9.86. The average molecular weight is 448 g/mol. The third kappa shape index (κ3) is 4.90. The molecule has 0 aliphatic rings. The molecule has 33 heavy (non-hydrogen) atoms. The summed E-state index contributed by atoms with van der Waals surface area (Å²) in [6, 6.07) is 19.7. The molecule has 0 heterocycles. The predicted molar refractivity (Wildman–Crippen MR) is 137 cm³/mol. The Bertz CT molecular complexity index is 1120. The molecule has 6 heteroatoms. The van der Waals surface area contributed by atoms with E-state index in [4.69, 9.17) is 4.74 Å². The summed E-state index contributed by atoms with van der Waals surface area (Å²) in [5.41, 5.74) is 6.07. The molecule has 0 saturated carbocycles. The van der Waals surface area contributed by atoms with Crippen molar-refractivity contribution in [2.75, 3.05) is 64.1 Å². The normalized spacial score (nSPS) is 11.6. The first-order valence-electron chi connectivity index (χ1n) is 10.8. The molecule has 1 atom stereocenters. The van der Waals surface area contributed by atoms with E-state index in [2.05, 4.69) is 28.0 Å². The number of hydrogen-bond acceptors (Lipinski definition) is 5. The SMILES string of the molecule is COc1ccc(C(c2ccc(N(C)C)cc2N(C)C)c2c(C(=O)O)cccc2N(C)C)cc1. The smallest absolute Gasteiger partial charge is 0.336 e. The van der Waals surface area contributed by atoms with Gasteiger partial charge in [-0.2, -0.15) is 0 Å².